The lowest BCUT2D eigenvalue weighted by atomic mass is 10.1. The van der Waals surface area contributed by atoms with Crippen LogP contribution in [-0.4, -0.2) is 39.8 Å². The topological polar surface area (TPSA) is 77.8 Å². The molecule has 0 fully saturated rings. The van der Waals surface area contributed by atoms with E-state index in [0.29, 0.717) is 17.1 Å². The molecule has 104 valence electrons. The zero-order valence-electron chi connectivity index (χ0n) is 10.1. The van der Waals surface area contributed by atoms with Gasteiger partial charge in [0.2, 0.25) is 0 Å². The highest BCUT2D eigenvalue weighted by Crippen LogP contribution is 2.20. The Kier molecular flexibility index (Phi) is 6.55. The maximum Gasteiger partial charge on any atom is 0.328 e. The maximum atomic E-state index is 13.1. The van der Waals surface area contributed by atoms with E-state index in [1.807, 2.05) is 0 Å². The third-order valence-corrected chi connectivity index (χ3v) is 3.43. The lowest BCUT2D eigenvalue weighted by molar-refractivity contribution is -0.131. The molecule has 4 nitrogen and oxygen atoms in total. The zero-order valence-corrected chi connectivity index (χ0v) is 10.9. The van der Waals surface area contributed by atoms with Crippen LogP contribution in [0.15, 0.2) is 24.3 Å². The molecule has 1 unspecified atom stereocenters. The first-order chi connectivity index (χ1) is 9.02. The number of hydrogen-bond donors (Lipinski definition) is 3. The summed E-state index contributed by atoms with van der Waals surface area (Å²) in [5, 5.41) is 26.5. The zero-order chi connectivity index (χ0) is 14.3. The molecule has 0 heterocycles. The smallest absolute Gasteiger partial charge is 0.328 e. The number of halogens is 1. The maximum absolute atomic E-state index is 13.1. The van der Waals surface area contributed by atoms with Gasteiger partial charge in [0, 0.05) is 17.6 Å². The van der Waals surface area contributed by atoms with Gasteiger partial charge >= 0.3 is 5.97 Å². The minimum absolute atomic E-state index is 0.303. The number of aliphatic hydroxyl groups excluding tert-OH is 2. The molecule has 0 amide bonds. The average molecular weight is 286 g/mol. The fourth-order valence-corrected chi connectivity index (χ4v) is 2.35. The summed E-state index contributed by atoms with van der Waals surface area (Å²) in [6, 6.07) is 4.14. The Morgan fingerprint density at radius 1 is 1.47 bits per heavy atom. The second-order valence-corrected chi connectivity index (χ2v) is 4.90. The van der Waals surface area contributed by atoms with Gasteiger partial charge < -0.3 is 15.3 Å². The van der Waals surface area contributed by atoms with Crippen LogP contribution in [0.1, 0.15) is 11.1 Å². The van der Waals surface area contributed by atoms with Crippen LogP contribution < -0.4 is 0 Å². The number of benzene rings is 1. The number of aliphatic hydroxyl groups is 2. The average Bonchev–Trinajstić information content (AvgIpc) is 2.38. The summed E-state index contributed by atoms with van der Waals surface area (Å²) in [7, 11) is 0. The van der Waals surface area contributed by atoms with E-state index in [4.69, 9.17) is 10.2 Å². The Bertz CT molecular complexity index is 462. The predicted molar refractivity (Wildman–Crippen MR) is 72.3 cm³/mol. The summed E-state index contributed by atoms with van der Waals surface area (Å²) in [6.45, 7) is -0.303. The van der Waals surface area contributed by atoms with Crippen LogP contribution in [0.3, 0.4) is 0 Å². The molecule has 0 bridgehead atoms. The van der Waals surface area contributed by atoms with Crippen molar-refractivity contribution in [2.45, 2.75) is 11.9 Å². The van der Waals surface area contributed by atoms with Crippen molar-refractivity contribution in [3.05, 3.63) is 41.2 Å². The molecule has 1 rings (SSSR count). The Hall–Kier alpha value is -1.37. The Labute approximate surface area is 114 Å². The highest BCUT2D eigenvalue weighted by atomic mass is 32.2. The molecule has 1 atom stereocenters. The Balaban J connectivity index is 2.73. The van der Waals surface area contributed by atoms with Crippen LogP contribution in [0.5, 0.6) is 0 Å². The summed E-state index contributed by atoms with van der Waals surface area (Å²) in [6.07, 6.45) is 1.50. The molecule has 0 spiro atoms. The fourth-order valence-electron chi connectivity index (χ4n) is 1.37. The number of carboxylic acid groups (broad SMARTS) is 1. The highest BCUT2D eigenvalue weighted by molar-refractivity contribution is 7.98. The number of aliphatic carboxylic acids is 1. The highest BCUT2D eigenvalue weighted by Gasteiger charge is 2.06. The third-order valence-electron chi connectivity index (χ3n) is 2.29. The molecule has 0 aliphatic rings. The van der Waals surface area contributed by atoms with Gasteiger partial charge in [-0.1, -0.05) is 6.07 Å². The van der Waals surface area contributed by atoms with Crippen molar-refractivity contribution < 1.29 is 24.5 Å². The van der Waals surface area contributed by atoms with E-state index in [2.05, 4.69) is 0 Å². The number of thioether (sulfide) groups is 1. The molecule has 3 N–H and O–H groups in total. The molecule has 0 aromatic heterocycles. The number of hydrogen-bond acceptors (Lipinski definition) is 4. The summed E-state index contributed by atoms with van der Waals surface area (Å²) in [5.41, 5.74) is 1.27. The summed E-state index contributed by atoms with van der Waals surface area (Å²) in [4.78, 5) is 10.5. The standard InChI is InChI=1S/C13H15FO4S/c14-11-3-1-10(7-19-8-12(16)6-15)9(5-11)2-4-13(17)18/h1-5,12,15-16H,6-8H2,(H,17,18). The molecule has 19 heavy (non-hydrogen) atoms. The van der Waals surface area contributed by atoms with Gasteiger partial charge in [-0.15, -0.1) is 0 Å². The first-order valence-electron chi connectivity index (χ1n) is 5.59. The van der Waals surface area contributed by atoms with Crippen LogP contribution >= 0.6 is 11.8 Å². The quantitative estimate of drug-likeness (QED) is 0.662. The van der Waals surface area contributed by atoms with Gasteiger partial charge in [-0.3, -0.25) is 0 Å². The first-order valence-corrected chi connectivity index (χ1v) is 6.74. The molecule has 0 aliphatic heterocycles. The number of carbonyl (C=O) groups is 1. The second kappa shape index (κ2) is 7.93. The monoisotopic (exact) mass is 286 g/mol. The van der Waals surface area contributed by atoms with Gasteiger partial charge in [0.25, 0.3) is 0 Å². The van der Waals surface area contributed by atoms with Crippen LogP contribution in [0.25, 0.3) is 6.08 Å². The van der Waals surface area contributed by atoms with Crippen molar-refractivity contribution in [2.75, 3.05) is 12.4 Å². The lowest BCUT2D eigenvalue weighted by Crippen LogP contribution is -2.14. The van der Waals surface area contributed by atoms with Crippen LogP contribution in [0.2, 0.25) is 0 Å². The molecule has 0 saturated heterocycles. The van der Waals surface area contributed by atoms with Crippen LogP contribution in [0, 0.1) is 5.82 Å². The largest absolute Gasteiger partial charge is 0.478 e. The number of rotatable bonds is 7. The first kappa shape index (κ1) is 15.7. The van der Waals surface area contributed by atoms with Crippen molar-refractivity contribution in [3.63, 3.8) is 0 Å². The van der Waals surface area contributed by atoms with Gasteiger partial charge in [-0.2, -0.15) is 11.8 Å². The normalized spacial score (nSPS) is 12.8. The van der Waals surface area contributed by atoms with Gasteiger partial charge in [-0.05, 0) is 29.3 Å². The Morgan fingerprint density at radius 3 is 2.84 bits per heavy atom. The van der Waals surface area contributed by atoms with E-state index >= 15 is 0 Å². The Morgan fingerprint density at radius 2 is 2.21 bits per heavy atom. The predicted octanol–water partition coefficient (Wildman–Crippen LogP) is 1.51. The van der Waals surface area contributed by atoms with Gasteiger partial charge in [0.1, 0.15) is 5.82 Å². The van der Waals surface area contributed by atoms with E-state index < -0.39 is 17.9 Å². The molecule has 0 radical (unpaired) electrons. The van der Waals surface area contributed by atoms with Crippen molar-refractivity contribution >= 4 is 23.8 Å². The minimum atomic E-state index is -1.10. The molecule has 1 aromatic rings. The van der Waals surface area contributed by atoms with Crippen molar-refractivity contribution in [1.82, 2.24) is 0 Å². The molecule has 6 heteroatoms. The molecule has 1 aromatic carbocycles. The van der Waals surface area contributed by atoms with E-state index in [1.165, 1.54) is 30.0 Å². The fraction of sp³-hybridized carbons (Fsp3) is 0.308. The lowest BCUT2D eigenvalue weighted by Gasteiger charge is -2.09. The van der Waals surface area contributed by atoms with E-state index in [-0.39, 0.29) is 6.61 Å². The van der Waals surface area contributed by atoms with Crippen molar-refractivity contribution in [3.8, 4) is 0 Å². The summed E-state index contributed by atoms with van der Waals surface area (Å²) < 4.78 is 13.1. The number of carboxylic acids is 1. The third kappa shape index (κ3) is 5.87. The van der Waals surface area contributed by atoms with Gasteiger partial charge in [-0.25, -0.2) is 9.18 Å². The molecule has 0 saturated carbocycles. The van der Waals surface area contributed by atoms with Crippen LogP contribution in [0.4, 0.5) is 4.39 Å². The SMILES string of the molecule is O=C(O)C=Cc1cc(F)ccc1CSCC(O)CO. The van der Waals surface area contributed by atoms with Gasteiger partial charge in [0.05, 0.1) is 12.7 Å². The second-order valence-electron chi connectivity index (χ2n) is 3.87. The van der Waals surface area contributed by atoms with Gasteiger partial charge in [0.15, 0.2) is 0 Å². The van der Waals surface area contributed by atoms with E-state index in [9.17, 15) is 14.3 Å². The summed E-state index contributed by atoms with van der Waals surface area (Å²) >= 11 is 1.38. The van der Waals surface area contributed by atoms with E-state index in [1.54, 1.807) is 6.07 Å². The van der Waals surface area contributed by atoms with E-state index in [0.717, 1.165) is 11.6 Å². The van der Waals surface area contributed by atoms with Crippen LogP contribution in [-0.2, 0) is 10.5 Å². The molecular weight excluding hydrogens is 271 g/mol. The summed E-state index contributed by atoms with van der Waals surface area (Å²) in [5.74, 6) is -0.681. The van der Waals surface area contributed by atoms with Crippen molar-refractivity contribution in [1.29, 1.82) is 0 Å². The van der Waals surface area contributed by atoms with Crippen molar-refractivity contribution in [2.24, 2.45) is 0 Å². The molecular formula is C13H15FO4S. The minimum Gasteiger partial charge on any atom is -0.478 e. The molecule has 0 aliphatic carbocycles.